The van der Waals surface area contributed by atoms with Crippen molar-refractivity contribution < 1.29 is 126 Å². The van der Waals surface area contributed by atoms with Crippen molar-refractivity contribution in [3.8, 4) is 22.7 Å². The summed E-state index contributed by atoms with van der Waals surface area (Å²) in [5, 5.41) is 52.1. The van der Waals surface area contributed by atoms with Crippen LogP contribution in [0.2, 0.25) is 0 Å². The first kappa shape index (κ1) is 115. The third-order valence-corrected chi connectivity index (χ3v) is 22.1. The number of carbonyl (C=O) groups excluding carboxylic acids is 6. The van der Waals surface area contributed by atoms with Gasteiger partial charge in [0.2, 0.25) is 0 Å². The van der Waals surface area contributed by atoms with E-state index >= 15 is 0 Å². The van der Waals surface area contributed by atoms with Crippen molar-refractivity contribution in [2.24, 2.45) is 0 Å². The molecule has 32 nitrogen and oxygen atoms in total. The number of fused-ring (bicyclic) bond motifs is 4. The fourth-order valence-electron chi connectivity index (χ4n) is 14.8. The molecular formula is C103H110F4Li2MnN20O12. The summed E-state index contributed by atoms with van der Waals surface area (Å²) in [7, 11) is 0. The Morgan fingerprint density at radius 2 is 0.697 bits per heavy atom. The van der Waals surface area contributed by atoms with Gasteiger partial charge in [0.25, 0.3) is 23.6 Å². The van der Waals surface area contributed by atoms with Gasteiger partial charge in [0.1, 0.15) is 40.3 Å². The van der Waals surface area contributed by atoms with Crippen LogP contribution in [-0.2, 0) is 37.6 Å². The molecule has 1 unspecified atom stereocenters. The van der Waals surface area contributed by atoms with E-state index < -0.39 is 26.5 Å². The molecule has 4 amide bonds. The minimum atomic E-state index is -1.44. The van der Waals surface area contributed by atoms with Crippen molar-refractivity contribution in [3.63, 3.8) is 0 Å². The first-order valence-electron chi connectivity index (χ1n) is 44.0. The average molecular weight is 1960 g/mol. The molecule has 0 saturated carbocycles. The number of aromatic nitrogens is 16. The number of nitrogens with one attached hydrogen (secondary N) is 4. The predicted octanol–water partition coefficient (Wildman–Crippen LogP) is 12.5. The number of halogens is 4. The SMILES string of the molecule is C.C1CCOC1.C1CCOC1.CC[C@H](NC(=O)c1cncc2c1cnn2-c1ccc(F)cc1)c1ccnc(C(C)(C)O)c1.CC[C@H](NC(=O)c1cncc2c1cnn2-c1ccc(F)cc1)c1ccnc(C(C)=O)c1.CC[C@H](NC(=O)c1cncc2c1cnn2-c1ccc(F)cc1)c1ccnc(C(C)O)c1.CC[C@H](NC(=O)c1cncc2c1cnn2-c1ccc(F)cc1)c1ccnc(C=O)c1.[CH3-].[CH3-].[Li+].[Li+].[O]=[Mn]=[O]. The molecule has 2 fully saturated rings. The second kappa shape index (κ2) is 55.9. The van der Waals surface area contributed by atoms with Crippen molar-refractivity contribution in [2.75, 3.05) is 26.4 Å². The molecule has 4 aromatic carbocycles. The number of ketones is 1. The summed E-state index contributed by atoms with van der Waals surface area (Å²) in [6.45, 7) is 18.3. The quantitative estimate of drug-likeness (QED) is 0.0108. The second-order valence-electron chi connectivity index (χ2n) is 31.9. The van der Waals surface area contributed by atoms with Crippen LogP contribution in [0.5, 0.6) is 0 Å². The molecule has 0 radical (unpaired) electrons. The third kappa shape index (κ3) is 30.1. The van der Waals surface area contributed by atoms with Crippen LogP contribution in [0.1, 0.15) is 241 Å². The van der Waals surface area contributed by atoms with E-state index in [1.807, 2.05) is 39.8 Å². The van der Waals surface area contributed by atoms with Crippen LogP contribution in [0, 0.1) is 38.1 Å². The van der Waals surface area contributed by atoms with Crippen molar-refractivity contribution >= 4 is 79.3 Å². The van der Waals surface area contributed by atoms with Crippen LogP contribution in [-0.4, -0.2) is 151 Å². The van der Waals surface area contributed by atoms with Crippen molar-refractivity contribution in [1.82, 2.24) is 100 Å². The number of nitrogens with zero attached hydrogens (tertiary/aromatic N) is 16. The maximum absolute atomic E-state index is 13.3. The summed E-state index contributed by atoms with van der Waals surface area (Å²) in [5.74, 6) is -2.65. The number of amides is 4. The number of hydrogen-bond acceptors (Lipinski definition) is 24. The zero-order valence-corrected chi connectivity index (χ0v) is 81.2. The number of aliphatic hydroxyl groups excluding tert-OH is 1. The average Bonchev–Trinajstić information content (AvgIpc) is 1.65. The fourth-order valence-corrected chi connectivity index (χ4v) is 14.8. The summed E-state index contributed by atoms with van der Waals surface area (Å²) < 4.78 is 86.2. The Bertz CT molecular complexity index is 6860. The maximum atomic E-state index is 13.3. The zero-order chi connectivity index (χ0) is 97.7. The number of carbonyl (C=O) groups is 6. The van der Waals surface area contributed by atoms with Gasteiger partial charge >= 0.3 is 60.2 Å². The summed E-state index contributed by atoms with van der Waals surface area (Å²) in [6.07, 6.45) is 32.9. The van der Waals surface area contributed by atoms with E-state index in [4.69, 9.17) is 17.1 Å². The van der Waals surface area contributed by atoms with Crippen LogP contribution < -0.4 is 59.0 Å². The monoisotopic (exact) mass is 1960 g/mol. The van der Waals surface area contributed by atoms with Crippen molar-refractivity contribution in [3.05, 3.63) is 350 Å². The van der Waals surface area contributed by atoms with Gasteiger partial charge in [-0.1, -0.05) is 35.1 Å². The Morgan fingerprint density at radius 3 is 0.965 bits per heavy atom. The van der Waals surface area contributed by atoms with Gasteiger partial charge in [-0.25, -0.2) is 36.3 Å². The number of Topliss-reactive ketones (excluding diaryl/α,β-unsaturated/α-hetero) is 1. The van der Waals surface area contributed by atoms with Crippen LogP contribution in [0.25, 0.3) is 66.4 Å². The Balaban J connectivity index is 0.000000243. The van der Waals surface area contributed by atoms with Gasteiger partial charge in [-0.3, -0.25) is 68.6 Å². The molecule has 2 saturated heterocycles. The summed E-state index contributed by atoms with van der Waals surface area (Å²) >= 11 is -1.44. The first-order valence-corrected chi connectivity index (χ1v) is 45.0. The standard InChI is InChI=1S/C24H24FN5O2.C23H22FN5O2.C23H20FN5O2.C22H18FN5O2.2C4H8O.CH4.2CH3.2Li.Mn.2O/c1-4-20(15-9-10-27-22(11-15)24(2,3)32)29-23(31)19-12-26-14-21-18(19)13-28-30(21)17-7-5-16(25)6-8-17;2*1-3-20(15-8-9-26-21(10-15)14(2)30)28-23(31)19-11-25-13-22-18(19)12-27-29(22)17-6-4-16(24)5-7-17;1-2-20(14-7-8-25-16(9-14)13-29)27-22(30)19-10-24-12-21-18(19)11-26-28(21)17-5-3-15(23)4-6-17;2*1-2-4-5-3-1;;;;;;;;/h5-14,20,32H,4H2,1-3H3,(H,29,31);4-14,20,30H,3H2,1-2H3,(H,28,31);4-13,20H,3H2,1-2H3,(H,28,31);3-13,20H,2H2,1H3,(H,27,30);2*1-4H2;1H4;2*1H3;;;;;/q;;;;;;;2*-1;2*+1;;;/t20-;14?,20-;2*20-;;;;;;;;;;/m0000........../s1. The summed E-state index contributed by atoms with van der Waals surface area (Å²) in [6, 6.07) is 36.8. The Labute approximate surface area is 849 Å². The molecule has 12 aromatic heterocycles. The van der Waals surface area contributed by atoms with Gasteiger partial charge in [-0.15, -0.1) is 0 Å². The van der Waals surface area contributed by atoms with Crippen molar-refractivity contribution in [1.29, 1.82) is 0 Å². The molecule has 2 aliphatic heterocycles. The fraction of sp³-hybridized carbons (Fsp3) is 0.262. The molecule has 142 heavy (non-hydrogen) atoms. The number of rotatable bonds is 24. The van der Waals surface area contributed by atoms with Gasteiger partial charge < -0.3 is 55.8 Å². The zero-order valence-electron chi connectivity index (χ0n) is 80.1. The van der Waals surface area contributed by atoms with Gasteiger partial charge in [0, 0.05) is 104 Å². The summed E-state index contributed by atoms with van der Waals surface area (Å²) in [4.78, 5) is 108. The minimum absolute atomic E-state index is 0. The molecule has 0 aliphatic carbocycles. The molecule has 731 valence electrons. The Kier molecular flexibility index (Phi) is 45.3. The Morgan fingerprint density at radius 1 is 0.423 bits per heavy atom. The Hall–Kier alpha value is -13.9. The topological polar surface area (TPSA) is 418 Å². The van der Waals surface area contributed by atoms with E-state index in [2.05, 4.69) is 81.5 Å². The molecule has 18 rings (SSSR count). The van der Waals surface area contributed by atoms with E-state index in [-0.39, 0.29) is 137 Å². The molecule has 16 aromatic rings. The number of aldehydes is 1. The molecular weight excluding hydrogens is 1850 g/mol. The third-order valence-electron chi connectivity index (χ3n) is 22.1. The van der Waals surface area contributed by atoms with Crippen LogP contribution in [0.3, 0.4) is 0 Å². The van der Waals surface area contributed by atoms with E-state index in [1.54, 1.807) is 199 Å². The molecule has 2 aliphatic rings. The number of aliphatic hydroxyl groups is 2. The molecule has 0 bridgehead atoms. The number of benzene rings is 4. The molecule has 5 atom stereocenters. The number of pyridine rings is 8. The van der Waals surface area contributed by atoms with Gasteiger partial charge in [0.05, 0.1) is 158 Å². The number of ether oxygens (including phenoxy) is 2. The normalized spacial score (nSPS) is 12.6. The van der Waals surface area contributed by atoms with Gasteiger partial charge in [-0.2, -0.15) is 20.4 Å². The van der Waals surface area contributed by atoms with Crippen molar-refractivity contribution in [2.45, 2.75) is 150 Å². The van der Waals surface area contributed by atoms with Gasteiger partial charge in [-0.05, 0) is 240 Å². The number of hydrogen-bond donors (Lipinski definition) is 6. The van der Waals surface area contributed by atoms with E-state index in [0.29, 0.717) is 143 Å². The van der Waals surface area contributed by atoms with Gasteiger partial charge in [0.15, 0.2) is 12.1 Å². The molecule has 14 heterocycles. The first-order chi connectivity index (χ1) is 66.2. The molecule has 39 heteroatoms. The van der Waals surface area contributed by atoms with Crippen LogP contribution in [0.4, 0.5) is 17.6 Å². The molecule has 0 spiro atoms. The van der Waals surface area contributed by atoms with E-state index in [9.17, 15) is 56.5 Å². The van der Waals surface area contributed by atoms with E-state index in [0.717, 1.165) is 48.7 Å². The van der Waals surface area contributed by atoms with Crippen LogP contribution in [0.15, 0.2) is 245 Å². The second-order valence-corrected chi connectivity index (χ2v) is 32.1. The predicted molar refractivity (Wildman–Crippen MR) is 517 cm³/mol. The van der Waals surface area contributed by atoms with Crippen LogP contribution >= 0.6 is 0 Å². The summed E-state index contributed by atoms with van der Waals surface area (Å²) in [5.41, 5.74) is 10.8. The van der Waals surface area contributed by atoms with E-state index in [1.165, 1.54) is 106 Å². The molecule has 6 N–H and O–H groups in total.